The number of primary amides is 1. The molecule has 1 fully saturated rings. The van der Waals surface area contributed by atoms with E-state index in [0.717, 1.165) is 31.2 Å². The fraction of sp³-hybridized carbons (Fsp3) is 0.316. The van der Waals surface area contributed by atoms with Gasteiger partial charge in [-0.25, -0.2) is 14.6 Å². The second-order valence-electron chi connectivity index (χ2n) is 6.95. The number of nitriles is 1. The third-order valence-corrected chi connectivity index (χ3v) is 5.27. The van der Waals surface area contributed by atoms with E-state index in [1.165, 1.54) is 6.33 Å². The van der Waals surface area contributed by atoms with Crippen molar-refractivity contribution in [1.29, 1.82) is 5.26 Å². The fourth-order valence-electron chi connectivity index (χ4n) is 3.80. The lowest BCUT2D eigenvalue weighted by Crippen LogP contribution is -2.31. The molecule has 1 saturated carbocycles. The van der Waals surface area contributed by atoms with Crippen LogP contribution in [-0.4, -0.2) is 31.7 Å². The van der Waals surface area contributed by atoms with Gasteiger partial charge < -0.3 is 16.8 Å². The summed E-state index contributed by atoms with van der Waals surface area (Å²) in [6.45, 7) is 0. The van der Waals surface area contributed by atoms with Gasteiger partial charge in [0.2, 0.25) is 5.91 Å². The second-order valence-corrected chi connectivity index (χ2v) is 6.95. The van der Waals surface area contributed by atoms with Crippen molar-refractivity contribution >= 4 is 22.8 Å². The average Bonchev–Trinajstić information content (AvgIpc) is 3.10. The second kappa shape index (κ2) is 7.15. The van der Waals surface area contributed by atoms with Gasteiger partial charge in [0, 0.05) is 17.2 Å². The Bertz CT molecular complexity index is 1060. The van der Waals surface area contributed by atoms with Gasteiger partial charge in [-0.15, -0.1) is 0 Å². The number of aromatic nitrogens is 4. The Kier molecular flexibility index (Phi) is 4.53. The summed E-state index contributed by atoms with van der Waals surface area (Å²) >= 11 is 0. The van der Waals surface area contributed by atoms with Gasteiger partial charge in [0.1, 0.15) is 17.8 Å². The normalized spacial score (nSPS) is 19.2. The van der Waals surface area contributed by atoms with Gasteiger partial charge in [0.15, 0.2) is 11.8 Å². The molecule has 142 valence electrons. The number of benzene rings is 1. The molecule has 0 unspecified atom stereocenters. The van der Waals surface area contributed by atoms with Gasteiger partial charge in [-0.05, 0) is 37.8 Å². The first-order chi connectivity index (χ1) is 13.6. The van der Waals surface area contributed by atoms with Crippen LogP contribution in [0.1, 0.15) is 42.1 Å². The molecule has 5 N–H and O–H groups in total. The minimum absolute atomic E-state index is 0.173. The molecule has 2 aromatic heterocycles. The van der Waals surface area contributed by atoms with Gasteiger partial charge >= 0.3 is 0 Å². The maximum Gasteiger partial charge on any atom is 0.248 e. The highest BCUT2D eigenvalue weighted by atomic mass is 16.1. The van der Waals surface area contributed by atoms with Crippen LogP contribution in [0.5, 0.6) is 0 Å². The molecule has 0 aliphatic heterocycles. The Balaban J connectivity index is 1.75. The van der Waals surface area contributed by atoms with Gasteiger partial charge in [-0.1, -0.05) is 12.1 Å². The van der Waals surface area contributed by atoms with E-state index in [0.29, 0.717) is 28.1 Å². The lowest BCUT2D eigenvalue weighted by Gasteiger charge is -2.27. The highest BCUT2D eigenvalue weighted by Crippen LogP contribution is 2.35. The molecule has 1 aromatic carbocycles. The van der Waals surface area contributed by atoms with Crippen LogP contribution >= 0.6 is 0 Å². The summed E-state index contributed by atoms with van der Waals surface area (Å²) in [6.07, 6.45) is 7.03. The number of nitrogens with zero attached hydrogens (tertiary/aromatic N) is 5. The Hall–Kier alpha value is -3.67. The summed E-state index contributed by atoms with van der Waals surface area (Å²) in [5.74, 6) is -0.113. The summed E-state index contributed by atoms with van der Waals surface area (Å²) in [4.78, 5) is 19.9. The van der Waals surface area contributed by atoms with E-state index in [4.69, 9.17) is 21.8 Å². The van der Waals surface area contributed by atoms with Crippen LogP contribution < -0.4 is 16.8 Å². The lowest BCUT2D eigenvalue weighted by atomic mass is 9.91. The van der Waals surface area contributed by atoms with E-state index in [-0.39, 0.29) is 12.1 Å². The first-order valence-corrected chi connectivity index (χ1v) is 9.12. The number of nitrogens with one attached hydrogen (secondary N) is 1. The smallest absolute Gasteiger partial charge is 0.248 e. The largest absolute Gasteiger partial charge is 0.383 e. The number of hydrogen-bond donors (Lipinski definition) is 3. The predicted octanol–water partition coefficient (Wildman–Crippen LogP) is 1.73. The Morgan fingerprint density at radius 1 is 1.18 bits per heavy atom. The Labute approximate surface area is 161 Å². The number of anilines is 1. The third kappa shape index (κ3) is 3.09. The number of nitrogen functional groups attached to an aromatic ring is 1. The van der Waals surface area contributed by atoms with Crippen LogP contribution in [0.15, 0.2) is 30.6 Å². The average molecular weight is 376 g/mol. The molecule has 3 aromatic rings. The van der Waals surface area contributed by atoms with Crippen molar-refractivity contribution in [2.45, 2.75) is 37.8 Å². The molecule has 28 heavy (non-hydrogen) atoms. The molecule has 0 atom stereocenters. The molecular weight excluding hydrogens is 356 g/mol. The number of amides is 1. The van der Waals surface area contributed by atoms with Gasteiger partial charge in [-0.2, -0.15) is 10.4 Å². The zero-order valence-electron chi connectivity index (χ0n) is 15.2. The summed E-state index contributed by atoms with van der Waals surface area (Å²) < 4.78 is 1.92. The van der Waals surface area contributed by atoms with E-state index in [2.05, 4.69) is 15.3 Å². The van der Waals surface area contributed by atoms with Gasteiger partial charge in [0.05, 0.1) is 11.4 Å². The first-order valence-electron chi connectivity index (χ1n) is 9.12. The highest BCUT2D eigenvalue weighted by Gasteiger charge is 2.26. The first kappa shape index (κ1) is 17.7. The summed E-state index contributed by atoms with van der Waals surface area (Å²) in [6, 6.07) is 7.32. The number of carbonyl (C=O) groups is 1. The zero-order chi connectivity index (χ0) is 19.7. The highest BCUT2D eigenvalue weighted by molar-refractivity contribution is 5.99. The molecule has 0 radical (unpaired) electrons. The van der Waals surface area contributed by atoms with Crippen LogP contribution in [-0.2, 0) is 0 Å². The zero-order valence-corrected chi connectivity index (χ0v) is 15.2. The maximum atomic E-state index is 11.3. The molecule has 1 aliphatic carbocycles. The maximum absolute atomic E-state index is 11.3. The monoisotopic (exact) mass is 376 g/mol. The van der Waals surface area contributed by atoms with Crippen LogP contribution in [0.3, 0.4) is 0 Å². The molecule has 1 aliphatic rings. The topological polar surface area (TPSA) is 149 Å². The minimum Gasteiger partial charge on any atom is -0.383 e. The number of fused-ring (bicyclic) bond motifs is 1. The number of rotatable bonds is 4. The number of hydrogen-bond acceptors (Lipinski definition) is 7. The van der Waals surface area contributed by atoms with E-state index in [1.54, 1.807) is 24.3 Å². The van der Waals surface area contributed by atoms with Gasteiger partial charge in [-0.3, -0.25) is 4.79 Å². The molecule has 9 nitrogen and oxygen atoms in total. The molecular formula is C19H20N8O. The van der Waals surface area contributed by atoms with Crippen molar-refractivity contribution in [3.8, 4) is 17.5 Å². The van der Waals surface area contributed by atoms with Crippen LogP contribution in [0, 0.1) is 11.5 Å². The Morgan fingerprint density at radius 2 is 1.89 bits per heavy atom. The number of carbonyl (C=O) groups excluding carboxylic acids is 1. The number of nitrogens with two attached hydrogens (primary N) is 2. The van der Waals surface area contributed by atoms with Crippen molar-refractivity contribution in [2.75, 3.05) is 5.73 Å². The summed E-state index contributed by atoms with van der Waals surface area (Å²) in [5.41, 5.74) is 14.1. The van der Waals surface area contributed by atoms with E-state index >= 15 is 0 Å². The minimum atomic E-state index is -0.479. The molecule has 0 bridgehead atoms. The van der Waals surface area contributed by atoms with Crippen LogP contribution in [0.4, 0.5) is 5.82 Å². The molecule has 0 saturated heterocycles. The standard InChI is InChI=1S/C19H20N8O/c20-9-23-13-5-7-14(8-6-13)27-19-15(17(21)24-10-25-19)16(26-27)11-1-3-12(4-2-11)18(22)28/h1-4,10,13-14,23H,5-8H2,(H2,22,28)(H2,21,24,25). The van der Waals surface area contributed by atoms with Gasteiger partial charge in [0.25, 0.3) is 0 Å². The van der Waals surface area contributed by atoms with Crippen LogP contribution in [0.2, 0.25) is 0 Å². The molecule has 0 spiro atoms. The molecule has 4 rings (SSSR count). The lowest BCUT2D eigenvalue weighted by molar-refractivity contribution is 0.100. The predicted molar refractivity (Wildman–Crippen MR) is 104 cm³/mol. The quantitative estimate of drug-likeness (QED) is 0.463. The Morgan fingerprint density at radius 3 is 2.54 bits per heavy atom. The molecule has 1 amide bonds. The van der Waals surface area contributed by atoms with Crippen LogP contribution in [0.25, 0.3) is 22.3 Å². The van der Waals surface area contributed by atoms with Crippen molar-refractivity contribution in [3.05, 3.63) is 36.2 Å². The molecule has 2 heterocycles. The van der Waals surface area contributed by atoms with Crippen molar-refractivity contribution in [3.63, 3.8) is 0 Å². The SMILES string of the molecule is N#CNC1CCC(n2nc(-c3ccc(C(N)=O)cc3)c3c(N)ncnc32)CC1. The van der Waals surface area contributed by atoms with Crippen molar-refractivity contribution < 1.29 is 4.79 Å². The summed E-state index contributed by atoms with van der Waals surface area (Å²) in [5, 5.41) is 17.2. The molecule has 9 heteroatoms. The van der Waals surface area contributed by atoms with Crippen molar-refractivity contribution in [2.24, 2.45) is 5.73 Å². The fourth-order valence-corrected chi connectivity index (χ4v) is 3.80. The van der Waals surface area contributed by atoms with E-state index < -0.39 is 5.91 Å². The van der Waals surface area contributed by atoms with E-state index in [9.17, 15) is 4.79 Å². The van der Waals surface area contributed by atoms with E-state index in [1.807, 2.05) is 10.9 Å². The van der Waals surface area contributed by atoms with Crippen molar-refractivity contribution in [1.82, 2.24) is 25.1 Å². The summed E-state index contributed by atoms with van der Waals surface area (Å²) in [7, 11) is 0. The third-order valence-electron chi connectivity index (χ3n) is 5.27.